The molecule has 0 N–H and O–H groups in total. The van der Waals surface area contributed by atoms with Crippen molar-refractivity contribution in [2.45, 2.75) is 25.4 Å². The number of morpholine rings is 1. The number of nitrogens with zero attached hydrogens (tertiary/aromatic N) is 7. The zero-order valence-corrected chi connectivity index (χ0v) is 14.9. The van der Waals surface area contributed by atoms with Crippen LogP contribution in [0.3, 0.4) is 0 Å². The third kappa shape index (κ3) is 3.39. The molecule has 0 spiro atoms. The fourth-order valence-electron chi connectivity index (χ4n) is 3.51. The number of hydrogen-bond acceptors (Lipinski definition) is 7. The van der Waals surface area contributed by atoms with E-state index in [0.29, 0.717) is 36.9 Å². The summed E-state index contributed by atoms with van der Waals surface area (Å²) < 4.78 is 5.80. The summed E-state index contributed by atoms with van der Waals surface area (Å²) in [6.45, 7) is 3.39. The van der Waals surface area contributed by atoms with Gasteiger partial charge in [0.1, 0.15) is 11.9 Å². The Hall–Kier alpha value is -2.55. The smallest absolute Gasteiger partial charge is 0.257 e. The van der Waals surface area contributed by atoms with Crippen LogP contribution in [0.15, 0.2) is 18.3 Å². The van der Waals surface area contributed by atoms with Gasteiger partial charge in [-0.1, -0.05) is 0 Å². The van der Waals surface area contributed by atoms with E-state index in [-0.39, 0.29) is 12.0 Å². The highest BCUT2D eigenvalue weighted by atomic mass is 16.5. The lowest BCUT2D eigenvalue weighted by Crippen LogP contribution is -2.41. The maximum Gasteiger partial charge on any atom is 0.257 e. The Kier molecular flexibility index (Phi) is 4.79. The predicted molar refractivity (Wildman–Crippen MR) is 93.7 cm³/mol. The number of pyridine rings is 1. The fraction of sp³-hybridized carbons (Fsp3) is 0.588. The number of aryl methyl sites for hydroxylation is 1. The maximum absolute atomic E-state index is 13.0. The summed E-state index contributed by atoms with van der Waals surface area (Å²) in [5.74, 6) is 1.32. The Morgan fingerprint density at radius 1 is 1.23 bits per heavy atom. The molecule has 2 aromatic heterocycles. The summed E-state index contributed by atoms with van der Waals surface area (Å²) in [6, 6.07) is 3.69. The molecule has 1 atom stereocenters. The lowest BCUT2D eigenvalue weighted by atomic mass is 10.1. The van der Waals surface area contributed by atoms with Gasteiger partial charge in [-0.15, -0.1) is 10.2 Å². The van der Waals surface area contributed by atoms with Gasteiger partial charge in [0.2, 0.25) is 5.82 Å². The number of tetrazole rings is 1. The molecule has 4 heterocycles. The lowest BCUT2D eigenvalue weighted by Gasteiger charge is -2.34. The molecule has 0 bridgehead atoms. The largest absolute Gasteiger partial charge is 0.366 e. The van der Waals surface area contributed by atoms with Crippen molar-refractivity contribution in [1.82, 2.24) is 30.1 Å². The van der Waals surface area contributed by atoms with Gasteiger partial charge in [-0.3, -0.25) is 4.79 Å². The topological polar surface area (TPSA) is 89.3 Å². The Morgan fingerprint density at radius 2 is 2.08 bits per heavy atom. The number of amides is 1. The van der Waals surface area contributed by atoms with Crippen molar-refractivity contribution in [3.8, 4) is 0 Å². The molecular formula is C17H23N7O2. The van der Waals surface area contributed by atoms with Crippen LogP contribution in [0.5, 0.6) is 0 Å². The molecule has 0 saturated carbocycles. The second kappa shape index (κ2) is 7.36. The highest BCUT2D eigenvalue weighted by Crippen LogP contribution is 2.26. The van der Waals surface area contributed by atoms with Crippen LogP contribution in [0.4, 0.5) is 5.82 Å². The first kappa shape index (κ1) is 16.9. The van der Waals surface area contributed by atoms with Gasteiger partial charge >= 0.3 is 0 Å². The zero-order chi connectivity index (χ0) is 17.9. The molecule has 0 aliphatic carbocycles. The Labute approximate surface area is 151 Å². The van der Waals surface area contributed by atoms with E-state index in [9.17, 15) is 4.79 Å². The molecule has 2 saturated heterocycles. The van der Waals surface area contributed by atoms with Crippen LogP contribution in [-0.2, 0) is 11.8 Å². The van der Waals surface area contributed by atoms with Crippen LogP contribution in [0.25, 0.3) is 0 Å². The molecule has 9 nitrogen and oxygen atoms in total. The summed E-state index contributed by atoms with van der Waals surface area (Å²) in [7, 11) is 1.73. The van der Waals surface area contributed by atoms with Crippen molar-refractivity contribution in [1.29, 1.82) is 0 Å². The molecule has 2 aromatic rings. The predicted octanol–water partition coefficient (Wildman–Crippen LogP) is 0.809. The van der Waals surface area contributed by atoms with Gasteiger partial charge in [0, 0.05) is 25.8 Å². The number of ether oxygens (including phenoxy) is 1. The average molecular weight is 357 g/mol. The summed E-state index contributed by atoms with van der Waals surface area (Å²) in [4.78, 5) is 23.0. The molecule has 2 aliphatic rings. The number of carbonyl (C=O) groups is 1. The van der Waals surface area contributed by atoms with Crippen molar-refractivity contribution in [2.24, 2.45) is 7.05 Å². The van der Waals surface area contributed by atoms with Gasteiger partial charge in [0.15, 0.2) is 0 Å². The molecule has 4 rings (SSSR count). The molecule has 2 fully saturated rings. The van der Waals surface area contributed by atoms with Gasteiger partial charge in [-0.25, -0.2) is 4.98 Å². The average Bonchev–Trinajstić information content (AvgIpc) is 3.15. The molecule has 9 heteroatoms. The Morgan fingerprint density at radius 3 is 2.85 bits per heavy atom. The molecule has 2 aliphatic heterocycles. The van der Waals surface area contributed by atoms with Crippen molar-refractivity contribution in [3.63, 3.8) is 0 Å². The van der Waals surface area contributed by atoms with Gasteiger partial charge in [-0.05, 0) is 36.6 Å². The van der Waals surface area contributed by atoms with Crippen molar-refractivity contribution < 1.29 is 9.53 Å². The molecule has 0 radical (unpaired) electrons. The van der Waals surface area contributed by atoms with E-state index in [1.165, 1.54) is 11.2 Å². The molecular weight excluding hydrogens is 334 g/mol. The van der Waals surface area contributed by atoms with Crippen LogP contribution in [0.2, 0.25) is 0 Å². The number of piperidine rings is 1. The van der Waals surface area contributed by atoms with Crippen LogP contribution >= 0.6 is 0 Å². The quantitative estimate of drug-likeness (QED) is 0.803. The fourth-order valence-corrected chi connectivity index (χ4v) is 3.51. The van der Waals surface area contributed by atoms with Crippen LogP contribution in [0, 0.1) is 0 Å². The first-order valence-electron chi connectivity index (χ1n) is 9.07. The second-order valence-electron chi connectivity index (χ2n) is 6.67. The van der Waals surface area contributed by atoms with E-state index in [0.717, 1.165) is 25.9 Å². The number of anilines is 1. The lowest BCUT2D eigenvalue weighted by molar-refractivity contribution is 0.0334. The third-order valence-electron chi connectivity index (χ3n) is 4.84. The van der Waals surface area contributed by atoms with Crippen LogP contribution < -0.4 is 4.90 Å². The minimum atomic E-state index is -0.280. The summed E-state index contributed by atoms with van der Waals surface area (Å²) in [6.07, 6.45) is 4.78. The normalized spacial score (nSPS) is 21.0. The molecule has 26 heavy (non-hydrogen) atoms. The van der Waals surface area contributed by atoms with Gasteiger partial charge in [-0.2, -0.15) is 4.80 Å². The number of rotatable bonds is 3. The molecule has 1 amide bonds. The van der Waals surface area contributed by atoms with E-state index in [4.69, 9.17) is 4.74 Å². The highest BCUT2D eigenvalue weighted by Gasteiger charge is 2.30. The van der Waals surface area contributed by atoms with Gasteiger partial charge < -0.3 is 14.5 Å². The second-order valence-corrected chi connectivity index (χ2v) is 6.67. The number of hydrogen-bond donors (Lipinski definition) is 0. The van der Waals surface area contributed by atoms with E-state index >= 15 is 0 Å². The standard InChI is InChI=1S/C17H23N7O2/c1-22-20-15(19-21-22)14-12-24(10-11-26-14)16-13(6-5-7-18-16)17(25)23-8-3-2-4-9-23/h5-7,14H,2-4,8-12H2,1H3. The minimum absolute atomic E-state index is 0.0634. The van der Waals surface area contributed by atoms with Crippen LogP contribution in [-0.4, -0.2) is 68.8 Å². The summed E-state index contributed by atoms with van der Waals surface area (Å²) in [5, 5.41) is 12.2. The van der Waals surface area contributed by atoms with E-state index < -0.39 is 0 Å². The maximum atomic E-state index is 13.0. The van der Waals surface area contributed by atoms with E-state index in [1.807, 2.05) is 17.0 Å². The SMILES string of the molecule is Cn1nnc(C2CN(c3ncccc3C(=O)N3CCCCC3)CCO2)n1. The van der Waals surface area contributed by atoms with E-state index in [1.54, 1.807) is 13.2 Å². The first-order valence-corrected chi connectivity index (χ1v) is 9.07. The van der Waals surface area contributed by atoms with Crippen molar-refractivity contribution in [2.75, 3.05) is 37.7 Å². The monoisotopic (exact) mass is 357 g/mol. The number of aromatic nitrogens is 5. The van der Waals surface area contributed by atoms with Gasteiger partial charge in [0.25, 0.3) is 5.91 Å². The first-order chi connectivity index (χ1) is 12.7. The highest BCUT2D eigenvalue weighted by molar-refractivity contribution is 5.99. The van der Waals surface area contributed by atoms with Gasteiger partial charge in [0.05, 0.1) is 25.8 Å². The van der Waals surface area contributed by atoms with Crippen molar-refractivity contribution in [3.05, 3.63) is 29.7 Å². The minimum Gasteiger partial charge on any atom is -0.366 e. The molecule has 1 unspecified atom stereocenters. The Bertz CT molecular complexity index is 772. The van der Waals surface area contributed by atoms with Crippen LogP contribution in [0.1, 0.15) is 41.5 Å². The van der Waals surface area contributed by atoms with E-state index in [2.05, 4.69) is 25.3 Å². The summed E-state index contributed by atoms with van der Waals surface area (Å²) >= 11 is 0. The zero-order valence-electron chi connectivity index (χ0n) is 14.9. The number of carbonyl (C=O) groups excluding carboxylic acids is 1. The summed E-state index contributed by atoms with van der Waals surface area (Å²) in [5.41, 5.74) is 0.655. The van der Waals surface area contributed by atoms with Crippen molar-refractivity contribution >= 4 is 11.7 Å². The molecule has 0 aromatic carbocycles. The molecule has 138 valence electrons. The Balaban J connectivity index is 1.56. The number of likely N-dealkylation sites (tertiary alicyclic amines) is 1. The third-order valence-corrected chi connectivity index (χ3v) is 4.84.